The molecule has 1 amide bonds. The Morgan fingerprint density at radius 1 is 1.17 bits per heavy atom. The molecule has 24 heavy (non-hydrogen) atoms. The Morgan fingerprint density at radius 3 is 2.42 bits per heavy atom. The summed E-state index contributed by atoms with van der Waals surface area (Å²) in [4.78, 5) is 14.4. The van der Waals surface area contributed by atoms with Crippen LogP contribution >= 0.6 is 0 Å². The highest BCUT2D eigenvalue weighted by molar-refractivity contribution is 5.76. The first kappa shape index (κ1) is 17.3. The standard InChI is InChI=1S/C18H23F3N2O/c19-18(20,21)15-4-1-14(2-5-15)12-23(16-6-7-16)17(24)8-3-13-9-10-22-11-13/h1-2,4-5,13,16,22H,3,6-12H2. The summed E-state index contributed by atoms with van der Waals surface area (Å²) >= 11 is 0. The third kappa shape index (κ3) is 4.50. The van der Waals surface area contributed by atoms with E-state index in [4.69, 9.17) is 0 Å². The maximum absolute atomic E-state index is 12.6. The van der Waals surface area contributed by atoms with Crippen LogP contribution in [0.5, 0.6) is 0 Å². The van der Waals surface area contributed by atoms with E-state index in [1.165, 1.54) is 12.1 Å². The molecule has 3 rings (SSSR count). The monoisotopic (exact) mass is 340 g/mol. The Labute approximate surface area is 140 Å². The van der Waals surface area contributed by atoms with Crippen LogP contribution in [0.15, 0.2) is 24.3 Å². The van der Waals surface area contributed by atoms with E-state index < -0.39 is 11.7 Å². The predicted octanol–water partition coefficient (Wildman–Crippen LogP) is 3.59. The highest BCUT2D eigenvalue weighted by Gasteiger charge is 2.33. The van der Waals surface area contributed by atoms with Crippen LogP contribution in [0.1, 0.15) is 43.2 Å². The number of rotatable bonds is 6. The quantitative estimate of drug-likeness (QED) is 0.858. The van der Waals surface area contributed by atoms with Crippen LogP contribution in [0.2, 0.25) is 0 Å². The lowest BCUT2D eigenvalue weighted by atomic mass is 10.0. The Kier molecular flexibility index (Phi) is 5.13. The maximum Gasteiger partial charge on any atom is 0.416 e. The minimum atomic E-state index is -4.32. The van der Waals surface area contributed by atoms with Gasteiger partial charge in [-0.15, -0.1) is 0 Å². The van der Waals surface area contributed by atoms with Crippen LogP contribution in [-0.4, -0.2) is 29.9 Å². The zero-order chi connectivity index (χ0) is 17.2. The van der Waals surface area contributed by atoms with Crippen LogP contribution < -0.4 is 5.32 Å². The number of alkyl halides is 3. The molecule has 0 radical (unpaired) electrons. The summed E-state index contributed by atoms with van der Waals surface area (Å²) in [6, 6.07) is 5.41. The van der Waals surface area contributed by atoms with Gasteiger partial charge >= 0.3 is 6.18 Å². The van der Waals surface area contributed by atoms with Gasteiger partial charge in [-0.1, -0.05) is 12.1 Å². The maximum atomic E-state index is 12.6. The molecule has 132 valence electrons. The van der Waals surface area contributed by atoms with E-state index in [2.05, 4.69) is 5.32 Å². The number of nitrogens with one attached hydrogen (secondary N) is 1. The first-order valence-corrected chi connectivity index (χ1v) is 8.60. The molecule has 1 aliphatic heterocycles. The SMILES string of the molecule is O=C(CCC1CCNC1)N(Cc1ccc(C(F)(F)F)cc1)C1CC1. The summed E-state index contributed by atoms with van der Waals surface area (Å²) in [6.07, 6.45) is 0.218. The highest BCUT2D eigenvalue weighted by atomic mass is 19.4. The third-order valence-electron chi connectivity index (χ3n) is 4.87. The number of carbonyl (C=O) groups is 1. The molecule has 1 saturated heterocycles. The molecule has 1 heterocycles. The number of halogens is 3. The van der Waals surface area contributed by atoms with Gasteiger partial charge in [-0.25, -0.2) is 0 Å². The van der Waals surface area contributed by atoms with Crippen LogP contribution in [0.3, 0.4) is 0 Å². The molecule has 6 heteroatoms. The molecule has 2 fully saturated rings. The van der Waals surface area contributed by atoms with E-state index in [-0.39, 0.29) is 11.9 Å². The Morgan fingerprint density at radius 2 is 1.88 bits per heavy atom. The van der Waals surface area contributed by atoms with E-state index in [1.54, 1.807) is 0 Å². The van der Waals surface area contributed by atoms with Gasteiger partial charge in [0.1, 0.15) is 0 Å². The summed E-state index contributed by atoms with van der Waals surface area (Å²) in [6.45, 7) is 2.41. The van der Waals surface area contributed by atoms with Crippen LogP contribution in [0.4, 0.5) is 13.2 Å². The molecule has 1 aromatic rings. The molecule has 1 aliphatic carbocycles. The van der Waals surface area contributed by atoms with Gasteiger partial charge in [-0.2, -0.15) is 13.2 Å². The van der Waals surface area contributed by atoms with Gasteiger partial charge < -0.3 is 10.2 Å². The van der Waals surface area contributed by atoms with Crippen molar-refractivity contribution in [2.75, 3.05) is 13.1 Å². The summed E-state index contributed by atoms with van der Waals surface area (Å²) < 4.78 is 37.9. The van der Waals surface area contributed by atoms with Gasteiger partial charge in [0.05, 0.1) is 5.56 Å². The lowest BCUT2D eigenvalue weighted by Gasteiger charge is -2.23. The second kappa shape index (κ2) is 7.13. The molecular formula is C18H23F3N2O. The summed E-state index contributed by atoms with van der Waals surface area (Å²) in [5.74, 6) is 0.699. The second-order valence-electron chi connectivity index (χ2n) is 6.84. The molecule has 0 aromatic heterocycles. The first-order chi connectivity index (χ1) is 11.4. The smallest absolute Gasteiger partial charge is 0.335 e. The van der Waals surface area contributed by atoms with Crippen LogP contribution in [-0.2, 0) is 17.5 Å². The average molecular weight is 340 g/mol. The fourth-order valence-electron chi connectivity index (χ4n) is 3.23. The Bertz CT molecular complexity index is 561. The average Bonchev–Trinajstić information content (AvgIpc) is 3.25. The van der Waals surface area contributed by atoms with E-state index >= 15 is 0 Å². The van der Waals surface area contributed by atoms with Crippen molar-refractivity contribution < 1.29 is 18.0 Å². The first-order valence-electron chi connectivity index (χ1n) is 8.60. The topological polar surface area (TPSA) is 32.3 Å². The fourth-order valence-corrected chi connectivity index (χ4v) is 3.23. The second-order valence-corrected chi connectivity index (χ2v) is 6.84. The van der Waals surface area contributed by atoms with Crippen LogP contribution in [0.25, 0.3) is 0 Å². The van der Waals surface area contributed by atoms with Gasteiger partial charge in [0.15, 0.2) is 0 Å². The van der Waals surface area contributed by atoms with E-state index in [0.717, 1.165) is 56.5 Å². The lowest BCUT2D eigenvalue weighted by molar-refractivity contribution is -0.137. The van der Waals surface area contributed by atoms with Gasteiger partial charge in [-0.3, -0.25) is 4.79 Å². The molecule has 1 saturated carbocycles. The minimum absolute atomic E-state index is 0.129. The molecule has 0 spiro atoms. The number of carbonyl (C=O) groups excluding carboxylic acids is 1. The molecule has 1 aromatic carbocycles. The molecule has 3 nitrogen and oxygen atoms in total. The molecule has 1 unspecified atom stereocenters. The Balaban J connectivity index is 1.58. The molecular weight excluding hydrogens is 317 g/mol. The van der Waals surface area contributed by atoms with Crippen molar-refractivity contribution in [2.45, 2.75) is 50.9 Å². The van der Waals surface area contributed by atoms with Crippen molar-refractivity contribution in [3.8, 4) is 0 Å². The predicted molar refractivity (Wildman–Crippen MR) is 85.2 cm³/mol. The molecule has 2 aliphatic rings. The normalized spacial score (nSPS) is 21.0. The largest absolute Gasteiger partial charge is 0.416 e. The Hall–Kier alpha value is -1.56. The van der Waals surface area contributed by atoms with Crippen molar-refractivity contribution >= 4 is 5.91 Å². The van der Waals surface area contributed by atoms with E-state index in [9.17, 15) is 18.0 Å². The van der Waals surface area contributed by atoms with Crippen molar-refractivity contribution in [2.24, 2.45) is 5.92 Å². The molecule has 1 N–H and O–H groups in total. The third-order valence-corrected chi connectivity index (χ3v) is 4.87. The van der Waals surface area contributed by atoms with Crippen molar-refractivity contribution in [1.82, 2.24) is 10.2 Å². The number of benzene rings is 1. The van der Waals surface area contributed by atoms with Crippen LogP contribution in [0, 0.1) is 5.92 Å². The van der Waals surface area contributed by atoms with Gasteiger partial charge in [0.2, 0.25) is 5.91 Å². The summed E-state index contributed by atoms with van der Waals surface area (Å²) in [5.41, 5.74) is 0.107. The van der Waals surface area contributed by atoms with Gasteiger partial charge in [-0.05, 0) is 62.4 Å². The van der Waals surface area contributed by atoms with Crippen molar-refractivity contribution in [3.63, 3.8) is 0 Å². The zero-order valence-electron chi connectivity index (χ0n) is 13.6. The highest BCUT2D eigenvalue weighted by Crippen LogP contribution is 2.32. The summed E-state index contributed by atoms with van der Waals surface area (Å²) in [7, 11) is 0. The number of amides is 1. The molecule has 1 atom stereocenters. The lowest BCUT2D eigenvalue weighted by Crippen LogP contribution is -2.32. The fraction of sp³-hybridized carbons (Fsp3) is 0.611. The number of hydrogen-bond donors (Lipinski definition) is 1. The zero-order valence-corrected chi connectivity index (χ0v) is 13.6. The van der Waals surface area contributed by atoms with E-state index in [1.807, 2.05) is 4.90 Å². The van der Waals surface area contributed by atoms with Gasteiger partial charge in [0.25, 0.3) is 0 Å². The number of nitrogens with zero attached hydrogens (tertiary/aromatic N) is 1. The minimum Gasteiger partial charge on any atom is -0.335 e. The molecule has 0 bridgehead atoms. The number of hydrogen-bond acceptors (Lipinski definition) is 2. The van der Waals surface area contributed by atoms with Gasteiger partial charge in [0, 0.05) is 19.0 Å². The van der Waals surface area contributed by atoms with Crippen molar-refractivity contribution in [3.05, 3.63) is 35.4 Å². The van der Waals surface area contributed by atoms with E-state index in [0.29, 0.717) is 18.9 Å². The summed E-state index contributed by atoms with van der Waals surface area (Å²) in [5, 5.41) is 3.30. The van der Waals surface area contributed by atoms with Crippen molar-refractivity contribution in [1.29, 1.82) is 0 Å².